The lowest BCUT2D eigenvalue weighted by molar-refractivity contribution is -0.127. The predicted molar refractivity (Wildman–Crippen MR) is 75.7 cm³/mol. The fourth-order valence-corrected chi connectivity index (χ4v) is 3.40. The number of nitrogens with one attached hydrogen (secondary N) is 1. The molecule has 2 saturated carbocycles. The second-order valence-corrected chi connectivity index (χ2v) is 6.44. The van der Waals surface area contributed by atoms with Crippen LogP contribution in [0.2, 0.25) is 0 Å². The van der Waals surface area contributed by atoms with Crippen LogP contribution in [0.5, 0.6) is 0 Å². The van der Waals surface area contributed by atoms with Gasteiger partial charge in [0, 0.05) is 32.2 Å². The molecule has 2 unspecified atom stereocenters. The van der Waals surface area contributed by atoms with E-state index in [2.05, 4.69) is 5.32 Å². The standard InChI is InChI=1S/C15H28N2O2/c1-19-9-8-15(6-3-7-15)11-17-14(18)12-4-2-5-13(16)10-12/h12-13H,2-11,16H2,1H3,(H,17,18). The van der Waals surface area contributed by atoms with E-state index in [1.807, 2.05) is 0 Å². The molecule has 3 N–H and O–H groups in total. The molecule has 0 aromatic heterocycles. The summed E-state index contributed by atoms with van der Waals surface area (Å²) < 4.78 is 5.18. The minimum absolute atomic E-state index is 0.142. The van der Waals surface area contributed by atoms with Gasteiger partial charge in [-0.05, 0) is 43.9 Å². The fourth-order valence-electron chi connectivity index (χ4n) is 3.40. The summed E-state index contributed by atoms with van der Waals surface area (Å²) in [5.74, 6) is 0.363. The van der Waals surface area contributed by atoms with Crippen LogP contribution in [0.3, 0.4) is 0 Å². The molecular formula is C15H28N2O2. The minimum Gasteiger partial charge on any atom is -0.385 e. The smallest absolute Gasteiger partial charge is 0.223 e. The van der Waals surface area contributed by atoms with Gasteiger partial charge in [-0.3, -0.25) is 4.79 Å². The third-order valence-corrected chi connectivity index (χ3v) is 4.97. The molecule has 0 aromatic carbocycles. The Labute approximate surface area is 116 Å². The second kappa shape index (κ2) is 6.71. The van der Waals surface area contributed by atoms with Crippen molar-refractivity contribution < 1.29 is 9.53 Å². The summed E-state index contributed by atoms with van der Waals surface area (Å²) in [6, 6.07) is 0.218. The van der Waals surface area contributed by atoms with E-state index in [-0.39, 0.29) is 17.9 Å². The quantitative estimate of drug-likeness (QED) is 0.772. The van der Waals surface area contributed by atoms with Crippen LogP contribution in [0.15, 0.2) is 0 Å². The Morgan fingerprint density at radius 1 is 1.37 bits per heavy atom. The van der Waals surface area contributed by atoms with Gasteiger partial charge in [-0.25, -0.2) is 0 Å². The molecular weight excluding hydrogens is 240 g/mol. The maximum Gasteiger partial charge on any atom is 0.223 e. The third kappa shape index (κ3) is 3.93. The van der Waals surface area contributed by atoms with Gasteiger partial charge in [0.1, 0.15) is 0 Å². The van der Waals surface area contributed by atoms with Crippen LogP contribution in [0.25, 0.3) is 0 Å². The molecule has 4 nitrogen and oxygen atoms in total. The first-order valence-corrected chi connectivity index (χ1v) is 7.67. The number of methoxy groups -OCH3 is 1. The van der Waals surface area contributed by atoms with E-state index >= 15 is 0 Å². The fraction of sp³-hybridized carbons (Fsp3) is 0.933. The Kier molecular flexibility index (Phi) is 5.22. The zero-order chi connectivity index (χ0) is 13.7. The molecule has 0 aromatic rings. The van der Waals surface area contributed by atoms with Gasteiger partial charge in [-0.1, -0.05) is 12.8 Å². The summed E-state index contributed by atoms with van der Waals surface area (Å²) in [4.78, 5) is 12.2. The highest BCUT2D eigenvalue weighted by molar-refractivity contribution is 5.78. The van der Waals surface area contributed by atoms with Crippen LogP contribution in [0.1, 0.15) is 51.4 Å². The Hall–Kier alpha value is -0.610. The first-order valence-electron chi connectivity index (χ1n) is 7.67. The molecule has 1 amide bonds. The molecule has 19 heavy (non-hydrogen) atoms. The van der Waals surface area contributed by atoms with E-state index in [0.29, 0.717) is 5.41 Å². The van der Waals surface area contributed by atoms with Crippen molar-refractivity contribution in [2.24, 2.45) is 17.1 Å². The van der Waals surface area contributed by atoms with Crippen LogP contribution in [-0.2, 0) is 9.53 Å². The first-order chi connectivity index (χ1) is 9.15. The Balaban J connectivity index is 1.75. The van der Waals surface area contributed by atoms with E-state index in [9.17, 15) is 4.79 Å². The lowest BCUT2D eigenvalue weighted by atomic mass is 9.66. The molecule has 0 heterocycles. The molecule has 2 aliphatic carbocycles. The van der Waals surface area contributed by atoms with Crippen molar-refractivity contribution >= 4 is 5.91 Å². The number of hydrogen-bond acceptors (Lipinski definition) is 3. The Morgan fingerprint density at radius 2 is 2.16 bits per heavy atom. The van der Waals surface area contributed by atoms with Crippen molar-refractivity contribution in [3.8, 4) is 0 Å². The average molecular weight is 268 g/mol. The summed E-state index contributed by atoms with van der Waals surface area (Å²) in [5.41, 5.74) is 6.26. The van der Waals surface area contributed by atoms with Crippen LogP contribution < -0.4 is 11.1 Å². The summed E-state index contributed by atoms with van der Waals surface area (Å²) in [5, 5.41) is 3.17. The first kappa shape index (κ1) is 14.8. The van der Waals surface area contributed by atoms with Gasteiger partial charge in [0.2, 0.25) is 5.91 Å². The van der Waals surface area contributed by atoms with E-state index in [4.69, 9.17) is 10.5 Å². The topological polar surface area (TPSA) is 64.3 Å². The number of hydrogen-bond donors (Lipinski definition) is 2. The Morgan fingerprint density at radius 3 is 2.74 bits per heavy atom. The van der Waals surface area contributed by atoms with Gasteiger partial charge < -0.3 is 15.8 Å². The lowest BCUT2D eigenvalue weighted by Crippen LogP contribution is -2.45. The molecule has 2 aliphatic rings. The third-order valence-electron chi connectivity index (χ3n) is 4.97. The molecule has 0 radical (unpaired) electrons. The van der Waals surface area contributed by atoms with Crippen molar-refractivity contribution in [2.45, 2.75) is 57.4 Å². The number of amides is 1. The van der Waals surface area contributed by atoms with Gasteiger partial charge in [0.15, 0.2) is 0 Å². The molecule has 2 atom stereocenters. The maximum atomic E-state index is 12.2. The molecule has 2 rings (SSSR count). The predicted octanol–water partition coefficient (Wildman–Crippen LogP) is 1.83. The van der Waals surface area contributed by atoms with Gasteiger partial charge in [-0.2, -0.15) is 0 Å². The minimum atomic E-state index is 0.142. The molecule has 0 aliphatic heterocycles. The highest BCUT2D eigenvalue weighted by atomic mass is 16.5. The molecule has 0 bridgehead atoms. The zero-order valence-corrected chi connectivity index (χ0v) is 12.1. The summed E-state index contributed by atoms with van der Waals surface area (Å²) in [7, 11) is 1.74. The SMILES string of the molecule is COCCC1(CNC(=O)C2CCCC(N)C2)CCC1. The average Bonchev–Trinajstić information content (AvgIpc) is 2.37. The normalized spacial score (nSPS) is 29.6. The summed E-state index contributed by atoms with van der Waals surface area (Å²) >= 11 is 0. The van der Waals surface area contributed by atoms with Crippen molar-refractivity contribution in [1.29, 1.82) is 0 Å². The zero-order valence-electron chi connectivity index (χ0n) is 12.1. The molecule has 0 saturated heterocycles. The van der Waals surface area contributed by atoms with E-state index in [1.165, 1.54) is 19.3 Å². The van der Waals surface area contributed by atoms with Gasteiger partial charge in [-0.15, -0.1) is 0 Å². The number of ether oxygens (including phenoxy) is 1. The lowest BCUT2D eigenvalue weighted by Gasteiger charge is -2.42. The van der Waals surface area contributed by atoms with Crippen molar-refractivity contribution in [3.63, 3.8) is 0 Å². The van der Waals surface area contributed by atoms with Gasteiger partial charge >= 0.3 is 0 Å². The van der Waals surface area contributed by atoms with Crippen molar-refractivity contribution in [1.82, 2.24) is 5.32 Å². The second-order valence-electron chi connectivity index (χ2n) is 6.44. The largest absolute Gasteiger partial charge is 0.385 e. The van der Waals surface area contributed by atoms with Crippen LogP contribution >= 0.6 is 0 Å². The number of carbonyl (C=O) groups excluding carboxylic acids is 1. The number of carbonyl (C=O) groups is 1. The van der Waals surface area contributed by atoms with Crippen LogP contribution in [0.4, 0.5) is 0 Å². The van der Waals surface area contributed by atoms with E-state index in [0.717, 1.165) is 45.3 Å². The van der Waals surface area contributed by atoms with Gasteiger partial charge in [0.25, 0.3) is 0 Å². The Bertz CT molecular complexity index is 303. The molecule has 0 spiro atoms. The van der Waals surface area contributed by atoms with Crippen molar-refractivity contribution in [3.05, 3.63) is 0 Å². The number of nitrogens with two attached hydrogens (primary N) is 1. The molecule has 4 heteroatoms. The molecule has 110 valence electrons. The summed E-state index contributed by atoms with van der Waals surface area (Å²) in [6.45, 7) is 1.62. The van der Waals surface area contributed by atoms with E-state index < -0.39 is 0 Å². The monoisotopic (exact) mass is 268 g/mol. The van der Waals surface area contributed by atoms with Crippen LogP contribution in [0, 0.1) is 11.3 Å². The molecule has 2 fully saturated rings. The van der Waals surface area contributed by atoms with Crippen molar-refractivity contribution in [2.75, 3.05) is 20.3 Å². The highest BCUT2D eigenvalue weighted by Gasteiger charge is 2.37. The summed E-state index contributed by atoms with van der Waals surface area (Å²) in [6.07, 6.45) is 8.82. The van der Waals surface area contributed by atoms with E-state index in [1.54, 1.807) is 7.11 Å². The van der Waals surface area contributed by atoms with Gasteiger partial charge in [0.05, 0.1) is 0 Å². The maximum absolute atomic E-state index is 12.2. The van der Waals surface area contributed by atoms with Crippen LogP contribution in [-0.4, -0.2) is 32.2 Å². The highest BCUT2D eigenvalue weighted by Crippen LogP contribution is 2.43. The number of rotatable bonds is 6.